The minimum Gasteiger partial charge on any atom is -0.305 e. The van der Waals surface area contributed by atoms with Crippen LogP contribution in [-0.4, -0.2) is 8.96 Å². The topological polar surface area (TPSA) is 37.8 Å². The van der Waals surface area contributed by atoms with Crippen molar-refractivity contribution in [3.63, 3.8) is 0 Å². The van der Waals surface area contributed by atoms with Crippen LogP contribution >= 0.6 is 22.6 Å². The number of hydrogen-bond donors (Lipinski definition) is 2. The zero-order chi connectivity index (χ0) is 8.55. The zero-order valence-corrected chi connectivity index (χ0v) is 7.73. The molecule has 2 aromatic rings. The molecule has 0 saturated carbocycles. The first-order valence-electron chi connectivity index (χ1n) is 3.34. The number of benzene rings is 1. The van der Waals surface area contributed by atoms with Crippen LogP contribution in [0.1, 0.15) is 0 Å². The lowest BCUT2D eigenvalue weighted by Gasteiger charge is -1.92. The Hall–Kier alpha value is -0.810. The summed E-state index contributed by atoms with van der Waals surface area (Å²) >= 11 is 3.98. The van der Waals surface area contributed by atoms with E-state index in [4.69, 9.17) is 0 Å². The number of aromatic nitrogens is 2. The average Bonchev–Trinajstić information content (AvgIpc) is 2.40. The quantitative estimate of drug-likeness (QED) is 0.540. The third-order valence-corrected chi connectivity index (χ3v) is 2.65. The highest BCUT2D eigenvalue weighted by Gasteiger charge is 2.03. The van der Waals surface area contributed by atoms with Crippen LogP contribution in [0.3, 0.4) is 0 Å². The molecule has 1 N–H and O–H groups in total. The van der Waals surface area contributed by atoms with Crippen LogP contribution in [-0.2, 0) is 0 Å². The van der Waals surface area contributed by atoms with Crippen molar-refractivity contribution in [2.45, 2.75) is 0 Å². The molecule has 0 bridgehead atoms. The van der Waals surface area contributed by atoms with Gasteiger partial charge in [-0.05, 0) is 12.1 Å². The van der Waals surface area contributed by atoms with Gasteiger partial charge in [-0.3, -0.25) is 0 Å². The largest absolute Gasteiger partial charge is 0.337 e. The van der Waals surface area contributed by atoms with Crippen LogP contribution in [0, 0.1) is 0 Å². The lowest BCUT2D eigenvalue weighted by atomic mass is 10.3. The van der Waals surface area contributed by atoms with Gasteiger partial charge in [0, 0.05) is 11.0 Å². The summed E-state index contributed by atoms with van der Waals surface area (Å²) < 4.78 is 1.50. The molecule has 62 valence electrons. The summed E-state index contributed by atoms with van der Waals surface area (Å²) in [7, 11) is 1.10. The second-order valence-electron chi connectivity index (χ2n) is 2.32. The van der Waals surface area contributed by atoms with Crippen molar-refractivity contribution in [1.29, 1.82) is 0 Å². The number of imidazole rings is 1. The van der Waals surface area contributed by atoms with Crippen molar-refractivity contribution >= 4 is 33.7 Å². The molecular formula is C7H6N2OS2. The smallest absolute Gasteiger partial charge is 0.305 e. The number of para-hydroxylation sites is 2. The van der Waals surface area contributed by atoms with Gasteiger partial charge in [-0.1, -0.05) is 23.8 Å². The normalized spacial score (nSPS) is 10.8. The molecule has 1 aromatic heterocycles. The van der Waals surface area contributed by atoms with E-state index in [1.807, 2.05) is 24.3 Å². The minimum atomic E-state index is -0.142. The van der Waals surface area contributed by atoms with Crippen LogP contribution in [0.5, 0.6) is 0 Å². The molecule has 0 radical (unpaired) electrons. The highest BCUT2D eigenvalue weighted by molar-refractivity contribution is 8.68. The standard InChI is InChI=1S/C7H6N2OS2/c10-7-8-5-3-1-2-4-6(5)9(7)12-11/h1-4,11H,(H,8,10). The molecule has 2 rings (SSSR count). The number of nitrogens with one attached hydrogen (secondary N) is 1. The van der Waals surface area contributed by atoms with Crippen molar-refractivity contribution in [1.82, 2.24) is 8.96 Å². The van der Waals surface area contributed by atoms with Crippen molar-refractivity contribution in [2.75, 3.05) is 0 Å². The predicted molar refractivity (Wildman–Crippen MR) is 54.5 cm³/mol. The van der Waals surface area contributed by atoms with Gasteiger partial charge in [0.05, 0.1) is 11.0 Å². The zero-order valence-electron chi connectivity index (χ0n) is 6.02. The molecular weight excluding hydrogens is 192 g/mol. The molecule has 0 unspecified atom stereocenters. The van der Waals surface area contributed by atoms with E-state index in [-0.39, 0.29) is 5.69 Å². The Morgan fingerprint density at radius 2 is 2.17 bits per heavy atom. The summed E-state index contributed by atoms with van der Waals surface area (Å²) in [6.45, 7) is 0. The summed E-state index contributed by atoms with van der Waals surface area (Å²) in [5.41, 5.74) is 1.56. The average molecular weight is 198 g/mol. The van der Waals surface area contributed by atoms with E-state index in [0.29, 0.717) is 0 Å². The molecule has 0 aliphatic carbocycles. The van der Waals surface area contributed by atoms with Crippen LogP contribution in [0.15, 0.2) is 29.1 Å². The molecule has 1 heterocycles. The number of thiol groups is 1. The van der Waals surface area contributed by atoms with Crippen LogP contribution in [0.2, 0.25) is 0 Å². The third kappa shape index (κ3) is 1.05. The van der Waals surface area contributed by atoms with Gasteiger partial charge in [-0.15, -0.1) is 0 Å². The molecule has 3 nitrogen and oxygen atoms in total. The van der Waals surface area contributed by atoms with Crippen LogP contribution in [0.25, 0.3) is 11.0 Å². The Labute approximate surface area is 77.7 Å². The van der Waals surface area contributed by atoms with Gasteiger partial charge < -0.3 is 4.98 Å². The SMILES string of the molecule is O=c1[nH]c2ccccc2n1SS. The molecule has 12 heavy (non-hydrogen) atoms. The molecule has 0 saturated heterocycles. The number of hydrogen-bond acceptors (Lipinski definition) is 3. The maximum absolute atomic E-state index is 11.2. The van der Waals surface area contributed by atoms with Crippen molar-refractivity contribution in [3.8, 4) is 0 Å². The Bertz CT molecular complexity index is 460. The van der Waals surface area contributed by atoms with E-state index < -0.39 is 0 Å². The van der Waals surface area contributed by atoms with Crippen molar-refractivity contribution in [2.24, 2.45) is 0 Å². The molecule has 5 heteroatoms. The first-order chi connectivity index (χ1) is 5.83. The molecule has 0 aliphatic heterocycles. The predicted octanol–water partition coefficient (Wildman–Crippen LogP) is 1.67. The fraction of sp³-hybridized carbons (Fsp3) is 0. The second kappa shape index (κ2) is 2.91. The minimum absolute atomic E-state index is 0.142. The van der Waals surface area contributed by atoms with E-state index in [1.165, 1.54) is 3.97 Å². The van der Waals surface area contributed by atoms with Gasteiger partial charge in [0.1, 0.15) is 0 Å². The molecule has 0 amide bonds. The number of fused-ring (bicyclic) bond motifs is 1. The number of nitrogens with zero attached hydrogens (tertiary/aromatic N) is 1. The molecule has 0 fully saturated rings. The van der Waals surface area contributed by atoms with Crippen LogP contribution in [0.4, 0.5) is 0 Å². The number of H-pyrrole nitrogens is 1. The van der Waals surface area contributed by atoms with Crippen molar-refractivity contribution < 1.29 is 0 Å². The van der Waals surface area contributed by atoms with Gasteiger partial charge in [0.25, 0.3) is 0 Å². The Kier molecular flexibility index (Phi) is 1.90. The van der Waals surface area contributed by atoms with Gasteiger partial charge in [-0.2, -0.15) is 0 Å². The van der Waals surface area contributed by atoms with Gasteiger partial charge in [0.2, 0.25) is 0 Å². The molecule has 0 spiro atoms. The lowest BCUT2D eigenvalue weighted by molar-refractivity contribution is 1.16. The number of aromatic amines is 1. The van der Waals surface area contributed by atoms with E-state index in [1.54, 1.807) is 0 Å². The molecule has 0 aliphatic rings. The summed E-state index contributed by atoms with van der Waals surface area (Å²) in [4.78, 5) is 13.9. The van der Waals surface area contributed by atoms with Gasteiger partial charge in [0.15, 0.2) is 0 Å². The van der Waals surface area contributed by atoms with E-state index in [2.05, 4.69) is 16.6 Å². The summed E-state index contributed by atoms with van der Waals surface area (Å²) in [6.07, 6.45) is 0. The van der Waals surface area contributed by atoms with Gasteiger partial charge >= 0.3 is 5.69 Å². The highest BCUT2D eigenvalue weighted by atomic mass is 33.1. The fourth-order valence-electron chi connectivity index (χ4n) is 1.11. The molecule has 0 atom stereocenters. The Morgan fingerprint density at radius 3 is 2.92 bits per heavy atom. The first kappa shape index (κ1) is 7.82. The second-order valence-corrected chi connectivity index (χ2v) is 3.34. The maximum atomic E-state index is 11.2. The van der Waals surface area contributed by atoms with Crippen molar-refractivity contribution in [3.05, 3.63) is 34.7 Å². The van der Waals surface area contributed by atoms with E-state index in [9.17, 15) is 4.79 Å². The van der Waals surface area contributed by atoms with E-state index in [0.717, 1.165) is 22.0 Å². The maximum Gasteiger partial charge on any atom is 0.337 e. The summed E-state index contributed by atoms with van der Waals surface area (Å²) in [6, 6.07) is 7.50. The Balaban J connectivity index is 2.91. The highest BCUT2D eigenvalue weighted by Crippen LogP contribution is 2.16. The van der Waals surface area contributed by atoms with E-state index >= 15 is 0 Å². The molecule has 1 aromatic carbocycles. The third-order valence-electron chi connectivity index (χ3n) is 1.63. The van der Waals surface area contributed by atoms with Gasteiger partial charge in [-0.25, -0.2) is 8.77 Å². The van der Waals surface area contributed by atoms with Crippen LogP contribution < -0.4 is 5.69 Å². The first-order valence-corrected chi connectivity index (χ1v) is 5.17. The fourth-order valence-corrected chi connectivity index (χ4v) is 1.97. The monoisotopic (exact) mass is 198 g/mol. The Morgan fingerprint density at radius 1 is 1.42 bits per heavy atom. The number of rotatable bonds is 1. The lowest BCUT2D eigenvalue weighted by Crippen LogP contribution is -2.09. The summed E-state index contributed by atoms with van der Waals surface area (Å²) in [5.74, 6) is 0. The summed E-state index contributed by atoms with van der Waals surface area (Å²) in [5, 5.41) is 0.